The normalized spacial score (nSPS) is 10.9. The molecule has 0 aliphatic heterocycles. The van der Waals surface area contributed by atoms with Gasteiger partial charge in [0, 0.05) is 52.0 Å². The van der Waals surface area contributed by atoms with Gasteiger partial charge in [-0.1, -0.05) is 64.2 Å². The average molecular weight is 572 g/mol. The number of ether oxygens (including phenoxy) is 3. The summed E-state index contributed by atoms with van der Waals surface area (Å²) in [5.74, 6) is -0.719. The van der Waals surface area contributed by atoms with Crippen LogP contribution in [0.4, 0.5) is 0 Å². The van der Waals surface area contributed by atoms with Gasteiger partial charge in [0.25, 0.3) is 0 Å². The first-order valence-corrected chi connectivity index (χ1v) is 15.4. The lowest BCUT2D eigenvalue weighted by Crippen LogP contribution is -2.25. The van der Waals surface area contributed by atoms with E-state index >= 15 is 0 Å². The number of carboxylic acids is 1. The van der Waals surface area contributed by atoms with E-state index in [1.807, 2.05) is 0 Å². The predicted molar refractivity (Wildman–Crippen MR) is 155 cm³/mol. The van der Waals surface area contributed by atoms with Gasteiger partial charge in [-0.3, -0.25) is 19.2 Å². The average Bonchev–Trinajstić information content (AvgIpc) is 2.93. The van der Waals surface area contributed by atoms with Crippen molar-refractivity contribution in [2.75, 3.05) is 52.7 Å². The number of rotatable bonds is 32. The molecule has 3 N–H and O–H groups in total. The van der Waals surface area contributed by atoms with Gasteiger partial charge >= 0.3 is 5.97 Å². The number of hydrogen-bond donors (Lipinski definition) is 3. The fourth-order valence-corrected chi connectivity index (χ4v) is 4.02. The Morgan fingerprint density at radius 1 is 0.500 bits per heavy atom. The molecule has 0 unspecified atom stereocenters. The number of hydrogen-bond acceptors (Lipinski definition) is 7. The second-order valence-electron chi connectivity index (χ2n) is 10.0. The van der Waals surface area contributed by atoms with Crippen LogP contribution in [0, 0.1) is 0 Å². The zero-order valence-corrected chi connectivity index (χ0v) is 24.7. The van der Waals surface area contributed by atoms with E-state index in [0.717, 1.165) is 38.5 Å². The fraction of sp³-hybridized carbons (Fsp3) is 0.867. The molecule has 10 nitrogen and oxygen atoms in total. The molecule has 0 aliphatic rings. The molecule has 1 radical (unpaired) electrons. The van der Waals surface area contributed by atoms with E-state index in [1.165, 1.54) is 44.9 Å². The van der Waals surface area contributed by atoms with Crippen molar-refractivity contribution in [1.82, 2.24) is 10.6 Å². The Morgan fingerprint density at radius 2 is 0.875 bits per heavy atom. The predicted octanol–water partition coefficient (Wildman–Crippen LogP) is 4.48. The Labute approximate surface area is 241 Å². The molecule has 40 heavy (non-hydrogen) atoms. The van der Waals surface area contributed by atoms with Gasteiger partial charge in [0.15, 0.2) is 6.29 Å². The van der Waals surface area contributed by atoms with Crippen LogP contribution in [0.2, 0.25) is 0 Å². The number of unbranched alkanes of at least 4 members (excludes halogenated alkanes) is 11. The maximum absolute atomic E-state index is 11.9. The zero-order chi connectivity index (χ0) is 29.4. The van der Waals surface area contributed by atoms with E-state index in [0.29, 0.717) is 72.0 Å². The molecule has 10 heteroatoms. The third-order valence-corrected chi connectivity index (χ3v) is 6.32. The first-order valence-electron chi connectivity index (χ1n) is 15.4. The van der Waals surface area contributed by atoms with Gasteiger partial charge in [-0.05, 0) is 25.7 Å². The van der Waals surface area contributed by atoms with Crippen LogP contribution < -0.4 is 10.6 Å². The number of carbonyl (C=O) groups is 3. The van der Waals surface area contributed by atoms with Gasteiger partial charge in [0.1, 0.15) is 0 Å². The minimum Gasteiger partial charge on any atom is -0.481 e. The maximum atomic E-state index is 11.9. The SMILES string of the molecule is O=[C]CCC(=O)NCCCOCCOCCOCCCNC(=O)CCCCCCCCCCCCCCC(=O)O. The molecule has 233 valence electrons. The Morgan fingerprint density at radius 3 is 1.30 bits per heavy atom. The van der Waals surface area contributed by atoms with Crippen molar-refractivity contribution in [2.45, 2.75) is 116 Å². The van der Waals surface area contributed by atoms with Crippen LogP contribution in [0.3, 0.4) is 0 Å². The summed E-state index contributed by atoms with van der Waals surface area (Å²) in [6.07, 6.45) is 18.1. The number of nitrogens with one attached hydrogen (secondary N) is 2. The Bertz CT molecular complexity index is 619. The summed E-state index contributed by atoms with van der Waals surface area (Å²) in [6.45, 7) is 4.25. The molecule has 0 rings (SSSR count). The fourth-order valence-electron chi connectivity index (χ4n) is 4.02. The summed E-state index contributed by atoms with van der Waals surface area (Å²) >= 11 is 0. The van der Waals surface area contributed by atoms with Crippen molar-refractivity contribution >= 4 is 24.1 Å². The van der Waals surface area contributed by atoms with Crippen molar-refractivity contribution in [2.24, 2.45) is 0 Å². The van der Waals surface area contributed by atoms with Crippen molar-refractivity contribution in [1.29, 1.82) is 0 Å². The molecule has 0 spiro atoms. The van der Waals surface area contributed by atoms with Crippen LogP contribution in [0.5, 0.6) is 0 Å². The van der Waals surface area contributed by atoms with Crippen LogP contribution in [0.1, 0.15) is 116 Å². The van der Waals surface area contributed by atoms with Gasteiger partial charge in [0.2, 0.25) is 11.8 Å². The summed E-state index contributed by atoms with van der Waals surface area (Å²) in [5, 5.41) is 14.3. The van der Waals surface area contributed by atoms with Crippen molar-refractivity contribution in [3.05, 3.63) is 0 Å². The van der Waals surface area contributed by atoms with Crippen molar-refractivity contribution < 1.29 is 38.5 Å². The monoisotopic (exact) mass is 571 g/mol. The quantitative estimate of drug-likeness (QED) is 0.100. The van der Waals surface area contributed by atoms with E-state index in [9.17, 15) is 19.2 Å². The Balaban J connectivity index is 3.20. The van der Waals surface area contributed by atoms with Gasteiger partial charge in [-0.2, -0.15) is 0 Å². The molecule has 0 aliphatic carbocycles. The van der Waals surface area contributed by atoms with Crippen molar-refractivity contribution in [3.8, 4) is 0 Å². The molecule has 0 fully saturated rings. The molecule has 0 atom stereocenters. The number of aliphatic carboxylic acids is 1. The topological polar surface area (TPSA) is 140 Å². The first-order chi connectivity index (χ1) is 19.6. The molecule has 0 bridgehead atoms. The van der Waals surface area contributed by atoms with Crippen LogP contribution in [0.25, 0.3) is 0 Å². The molecule has 0 heterocycles. The zero-order valence-electron chi connectivity index (χ0n) is 24.7. The van der Waals surface area contributed by atoms with Gasteiger partial charge < -0.3 is 30.0 Å². The summed E-state index contributed by atoms with van der Waals surface area (Å²) in [6, 6.07) is 0. The van der Waals surface area contributed by atoms with Crippen molar-refractivity contribution in [3.63, 3.8) is 0 Å². The third kappa shape index (κ3) is 32.2. The summed E-state index contributed by atoms with van der Waals surface area (Å²) in [5.41, 5.74) is 0. The van der Waals surface area contributed by atoms with E-state index in [1.54, 1.807) is 6.29 Å². The largest absolute Gasteiger partial charge is 0.481 e. The lowest BCUT2D eigenvalue weighted by molar-refractivity contribution is -0.137. The molecule has 2 amide bonds. The highest BCUT2D eigenvalue weighted by atomic mass is 16.5. The lowest BCUT2D eigenvalue weighted by Gasteiger charge is -2.08. The summed E-state index contributed by atoms with van der Waals surface area (Å²) in [7, 11) is 0. The standard InChI is InChI=1S/C30H55N2O8/c33-21-13-17-29(35)32-20-15-23-39-25-27-40-26-24-38-22-14-19-31-28(34)16-11-9-7-5-3-1-2-4-6-8-10-12-18-30(36)37/h1-20,22-27H2,(H,31,34)(H,32,35)(H,36,37). The smallest absolute Gasteiger partial charge is 0.303 e. The highest BCUT2D eigenvalue weighted by molar-refractivity contribution is 5.78. The van der Waals surface area contributed by atoms with E-state index in [-0.39, 0.29) is 24.7 Å². The minimum atomic E-state index is -0.692. The number of carbonyl (C=O) groups excluding carboxylic acids is 3. The molecular weight excluding hydrogens is 516 g/mol. The molecule has 0 aromatic rings. The van der Waals surface area contributed by atoms with E-state index in [4.69, 9.17) is 19.3 Å². The molecule has 0 aromatic heterocycles. The Hall–Kier alpha value is -2.04. The lowest BCUT2D eigenvalue weighted by atomic mass is 10.0. The maximum Gasteiger partial charge on any atom is 0.303 e. The third-order valence-electron chi connectivity index (χ3n) is 6.32. The second-order valence-corrected chi connectivity index (χ2v) is 10.0. The highest BCUT2D eigenvalue weighted by Crippen LogP contribution is 2.13. The van der Waals surface area contributed by atoms with Crippen LogP contribution in [-0.2, 0) is 33.4 Å². The first kappa shape index (κ1) is 38.0. The van der Waals surface area contributed by atoms with E-state index < -0.39 is 5.97 Å². The summed E-state index contributed by atoms with van der Waals surface area (Å²) < 4.78 is 16.4. The summed E-state index contributed by atoms with van der Waals surface area (Å²) in [4.78, 5) is 43.7. The van der Waals surface area contributed by atoms with Gasteiger partial charge in [0.05, 0.1) is 26.4 Å². The van der Waals surface area contributed by atoms with Crippen LogP contribution in [0.15, 0.2) is 0 Å². The molecular formula is C30H55N2O8. The minimum absolute atomic E-state index is 0.116. The van der Waals surface area contributed by atoms with Crippen LogP contribution in [-0.4, -0.2) is 81.9 Å². The van der Waals surface area contributed by atoms with Crippen LogP contribution >= 0.6 is 0 Å². The van der Waals surface area contributed by atoms with Gasteiger partial charge in [-0.25, -0.2) is 0 Å². The second kappa shape index (κ2) is 31.5. The van der Waals surface area contributed by atoms with Gasteiger partial charge in [-0.15, -0.1) is 0 Å². The van der Waals surface area contributed by atoms with E-state index in [2.05, 4.69) is 10.6 Å². The number of amides is 2. The Kier molecular flexibility index (Phi) is 29.9. The highest BCUT2D eigenvalue weighted by Gasteiger charge is 2.02. The molecule has 0 saturated heterocycles. The number of carboxylic acid groups (broad SMARTS) is 1. The molecule has 0 aromatic carbocycles. The molecule has 0 saturated carbocycles.